The van der Waals surface area contributed by atoms with Crippen molar-refractivity contribution >= 4 is 5.97 Å². The minimum absolute atomic E-state index is 0.0735. The molecule has 0 aliphatic rings. The van der Waals surface area contributed by atoms with E-state index in [0.29, 0.717) is 12.1 Å². The largest absolute Gasteiger partial charge is 0.479 e. The van der Waals surface area contributed by atoms with Crippen LogP contribution in [0.15, 0.2) is 42.7 Å². The molecule has 2 rings (SSSR count). The summed E-state index contributed by atoms with van der Waals surface area (Å²) in [5.74, 6) is -1.22. The van der Waals surface area contributed by atoms with E-state index in [1.165, 1.54) is 0 Å². The second kappa shape index (κ2) is 5.46. The molecule has 5 heteroatoms. The first-order valence-electron chi connectivity index (χ1n) is 5.61. The van der Waals surface area contributed by atoms with E-state index in [0.717, 1.165) is 5.56 Å². The highest BCUT2D eigenvalue weighted by Gasteiger charge is 2.14. The minimum Gasteiger partial charge on any atom is -0.479 e. The van der Waals surface area contributed by atoms with E-state index in [1.807, 2.05) is 30.3 Å². The number of carboxylic acids is 1. The molecule has 1 heterocycles. The Morgan fingerprint density at radius 2 is 2.00 bits per heavy atom. The van der Waals surface area contributed by atoms with Crippen LogP contribution in [0, 0.1) is 0 Å². The monoisotopic (exact) mass is 246 g/mol. The third-order valence-electron chi connectivity index (χ3n) is 2.59. The Hall–Kier alpha value is -2.14. The summed E-state index contributed by atoms with van der Waals surface area (Å²) in [5.41, 5.74) is 1.83. The summed E-state index contributed by atoms with van der Waals surface area (Å²) in [7, 11) is 0. The maximum absolute atomic E-state index is 10.5. The number of hydrogen-bond acceptors (Lipinski definition) is 3. The summed E-state index contributed by atoms with van der Waals surface area (Å²) in [4.78, 5) is 10.5. The molecular formula is C13H14N2O3. The third kappa shape index (κ3) is 3.18. The van der Waals surface area contributed by atoms with Gasteiger partial charge in [0.25, 0.3) is 0 Å². The number of benzene rings is 1. The van der Waals surface area contributed by atoms with Crippen molar-refractivity contribution < 1.29 is 15.0 Å². The van der Waals surface area contributed by atoms with E-state index in [4.69, 9.17) is 5.11 Å². The fourth-order valence-electron chi connectivity index (χ4n) is 1.68. The Bertz CT molecular complexity index is 522. The lowest BCUT2D eigenvalue weighted by Gasteiger charge is -2.02. The first kappa shape index (κ1) is 12.3. The second-order valence-corrected chi connectivity index (χ2v) is 4.09. The number of hydrogen-bond donors (Lipinski definition) is 2. The molecule has 0 amide bonds. The summed E-state index contributed by atoms with van der Waals surface area (Å²) < 4.78 is 1.72. The van der Waals surface area contributed by atoms with Gasteiger partial charge in [0.05, 0.1) is 12.7 Å². The summed E-state index contributed by atoms with van der Waals surface area (Å²) in [6.45, 7) is 0.629. The molecule has 1 aromatic heterocycles. The van der Waals surface area contributed by atoms with Crippen molar-refractivity contribution in [1.29, 1.82) is 0 Å². The number of rotatable bonds is 5. The van der Waals surface area contributed by atoms with Gasteiger partial charge in [-0.1, -0.05) is 30.3 Å². The number of aliphatic hydroxyl groups is 1. The van der Waals surface area contributed by atoms with Gasteiger partial charge >= 0.3 is 5.97 Å². The Balaban J connectivity index is 2.00. The van der Waals surface area contributed by atoms with Gasteiger partial charge in [-0.2, -0.15) is 5.10 Å². The molecule has 0 aliphatic carbocycles. The third-order valence-corrected chi connectivity index (χ3v) is 2.59. The molecule has 0 saturated heterocycles. The molecule has 0 bridgehead atoms. The van der Waals surface area contributed by atoms with E-state index < -0.39 is 12.1 Å². The van der Waals surface area contributed by atoms with Gasteiger partial charge in [-0.25, -0.2) is 4.79 Å². The predicted octanol–water partition coefficient (Wildman–Crippen LogP) is 0.919. The maximum atomic E-state index is 10.5. The standard InChI is InChI=1S/C13H14N2O3/c16-12(13(17)18)6-11-7-14-15(9-11)8-10-4-2-1-3-5-10/h1-5,7,9,12,16H,6,8H2,(H,17,18). The number of aliphatic carboxylic acids is 1. The molecule has 0 radical (unpaired) electrons. The van der Waals surface area contributed by atoms with Crippen molar-refractivity contribution in [3.05, 3.63) is 53.9 Å². The van der Waals surface area contributed by atoms with Crippen molar-refractivity contribution in [2.24, 2.45) is 0 Å². The van der Waals surface area contributed by atoms with Crippen LogP contribution < -0.4 is 0 Å². The van der Waals surface area contributed by atoms with Gasteiger partial charge in [0.1, 0.15) is 0 Å². The smallest absolute Gasteiger partial charge is 0.332 e. The topological polar surface area (TPSA) is 75.3 Å². The van der Waals surface area contributed by atoms with Crippen molar-refractivity contribution in [2.75, 3.05) is 0 Å². The van der Waals surface area contributed by atoms with Crippen molar-refractivity contribution in [3.63, 3.8) is 0 Å². The number of carboxylic acid groups (broad SMARTS) is 1. The molecule has 0 spiro atoms. The fourth-order valence-corrected chi connectivity index (χ4v) is 1.68. The van der Waals surface area contributed by atoms with E-state index in [9.17, 15) is 9.90 Å². The lowest BCUT2D eigenvalue weighted by Crippen LogP contribution is -2.21. The highest BCUT2D eigenvalue weighted by molar-refractivity contribution is 5.72. The maximum Gasteiger partial charge on any atom is 0.332 e. The highest BCUT2D eigenvalue weighted by atomic mass is 16.4. The van der Waals surface area contributed by atoms with E-state index in [1.54, 1.807) is 17.1 Å². The quantitative estimate of drug-likeness (QED) is 0.822. The van der Waals surface area contributed by atoms with Gasteiger partial charge < -0.3 is 10.2 Å². The molecule has 2 aromatic rings. The fraction of sp³-hybridized carbons (Fsp3) is 0.231. The average Bonchev–Trinajstić information content (AvgIpc) is 2.77. The van der Waals surface area contributed by atoms with Gasteiger partial charge in [0, 0.05) is 12.6 Å². The molecular weight excluding hydrogens is 232 g/mol. The Labute approximate surface area is 104 Å². The first-order chi connectivity index (χ1) is 8.65. The lowest BCUT2D eigenvalue weighted by molar-refractivity contribution is -0.146. The van der Waals surface area contributed by atoms with Crippen LogP contribution in [0.3, 0.4) is 0 Å². The molecule has 18 heavy (non-hydrogen) atoms. The van der Waals surface area contributed by atoms with Crippen LogP contribution in [0.5, 0.6) is 0 Å². The van der Waals surface area contributed by atoms with Crippen molar-refractivity contribution in [1.82, 2.24) is 9.78 Å². The summed E-state index contributed by atoms with van der Waals surface area (Å²) in [6.07, 6.45) is 2.03. The predicted molar refractivity (Wildman–Crippen MR) is 65.1 cm³/mol. The molecule has 5 nitrogen and oxygen atoms in total. The molecule has 94 valence electrons. The van der Waals surface area contributed by atoms with Gasteiger partial charge in [0.15, 0.2) is 6.10 Å². The molecule has 0 saturated carbocycles. The van der Waals surface area contributed by atoms with Crippen LogP contribution in [0.1, 0.15) is 11.1 Å². The van der Waals surface area contributed by atoms with E-state index in [2.05, 4.69) is 5.10 Å². The van der Waals surface area contributed by atoms with E-state index >= 15 is 0 Å². The minimum atomic E-state index is -1.38. The van der Waals surface area contributed by atoms with E-state index in [-0.39, 0.29) is 6.42 Å². The van der Waals surface area contributed by atoms with Crippen LogP contribution in [-0.2, 0) is 17.8 Å². The van der Waals surface area contributed by atoms with Gasteiger partial charge in [-0.3, -0.25) is 4.68 Å². The number of carbonyl (C=O) groups is 1. The van der Waals surface area contributed by atoms with Crippen molar-refractivity contribution in [2.45, 2.75) is 19.1 Å². The molecule has 1 aromatic carbocycles. The van der Waals surface area contributed by atoms with Gasteiger partial charge in [0.2, 0.25) is 0 Å². The number of nitrogens with zero attached hydrogens (tertiary/aromatic N) is 2. The molecule has 1 unspecified atom stereocenters. The summed E-state index contributed by atoms with van der Waals surface area (Å²) in [6, 6.07) is 9.84. The molecule has 2 N–H and O–H groups in total. The first-order valence-corrected chi connectivity index (χ1v) is 5.61. The number of aliphatic hydroxyl groups excluding tert-OH is 1. The molecule has 0 aliphatic heterocycles. The second-order valence-electron chi connectivity index (χ2n) is 4.09. The zero-order valence-electron chi connectivity index (χ0n) is 9.73. The molecule has 1 atom stereocenters. The summed E-state index contributed by atoms with van der Waals surface area (Å²) >= 11 is 0. The van der Waals surface area contributed by atoms with Crippen molar-refractivity contribution in [3.8, 4) is 0 Å². The van der Waals surface area contributed by atoms with Crippen LogP contribution >= 0.6 is 0 Å². The Kier molecular flexibility index (Phi) is 3.74. The van der Waals surface area contributed by atoms with Crippen LogP contribution in [-0.4, -0.2) is 32.1 Å². The zero-order valence-corrected chi connectivity index (χ0v) is 9.73. The highest BCUT2D eigenvalue weighted by Crippen LogP contribution is 2.06. The van der Waals surface area contributed by atoms with Crippen LogP contribution in [0.25, 0.3) is 0 Å². The average molecular weight is 246 g/mol. The number of aromatic nitrogens is 2. The Morgan fingerprint density at radius 1 is 1.28 bits per heavy atom. The zero-order chi connectivity index (χ0) is 13.0. The van der Waals surface area contributed by atoms with Crippen LogP contribution in [0.4, 0.5) is 0 Å². The SMILES string of the molecule is O=C(O)C(O)Cc1cnn(Cc2ccccc2)c1. The lowest BCUT2D eigenvalue weighted by atomic mass is 10.1. The van der Waals surface area contributed by atoms with Crippen LogP contribution in [0.2, 0.25) is 0 Å². The van der Waals surface area contributed by atoms with Gasteiger partial charge in [-0.15, -0.1) is 0 Å². The Morgan fingerprint density at radius 3 is 2.67 bits per heavy atom. The normalized spacial score (nSPS) is 12.3. The molecule has 0 fully saturated rings. The summed E-state index contributed by atoms with van der Waals surface area (Å²) in [5, 5.41) is 22.0. The van der Waals surface area contributed by atoms with Gasteiger partial charge in [-0.05, 0) is 11.1 Å².